The second-order valence-corrected chi connectivity index (χ2v) is 7.53. The number of halogens is 2. The summed E-state index contributed by atoms with van der Waals surface area (Å²) in [4.78, 5) is 10.7. The van der Waals surface area contributed by atoms with Gasteiger partial charge in [-0.2, -0.15) is 0 Å². The van der Waals surface area contributed by atoms with Crippen LogP contribution in [-0.4, -0.2) is 33.5 Å². The second kappa shape index (κ2) is 11.7. The third-order valence-electron chi connectivity index (χ3n) is 4.99. The van der Waals surface area contributed by atoms with Crippen LogP contribution >= 0.6 is 0 Å². The number of hydrogen-bond donors (Lipinski definition) is 3. The van der Waals surface area contributed by atoms with Crippen molar-refractivity contribution < 1.29 is 59.9 Å². The molecule has 0 radical (unpaired) electrons. The van der Waals surface area contributed by atoms with Crippen LogP contribution < -0.4 is 29.6 Å². The quantitative estimate of drug-likeness (QED) is 0.409. The molecule has 0 heterocycles. The minimum absolute atomic E-state index is 0. The Morgan fingerprint density at radius 3 is 1.90 bits per heavy atom. The summed E-state index contributed by atoms with van der Waals surface area (Å²) >= 11 is 0. The van der Waals surface area contributed by atoms with Crippen molar-refractivity contribution in [3.63, 3.8) is 0 Å². The molecule has 0 aromatic heterocycles. The monoisotopic (exact) mass is 438 g/mol. The number of allylic oxidation sites excluding steroid dienone is 2. The number of aliphatic hydroxyl groups is 2. The average molecular weight is 438 g/mol. The van der Waals surface area contributed by atoms with E-state index in [2.05, 4.69) is 0 Å². The van der Waals surface area contributed by atoms with Crippen molar-refractivity contribution in [3.8, 4) is 0 Å². The average Bonchev–Trinajstić information content (AvgIpc) is 3.51. The Kier molecular flexibility index (Phi) is 9.59. The Morgan fingerprint density at radius 1 is 1.00 bits per heavy atom. The number of carboxylic acids is 1. The number of carbonyl (C=O) groups is 1. The van der Waals surface area contributed by atoms with Crippen LogP contribution in [0.3, 0.4) is 0 Å². The molecular formula is C24H25F2NaO4. The molecule has 0 amide bonds. The van der Waals surface area contributed by atoms with Crippen molar-refractivity contribution in [1.29, 1.82) is 0 Å². The van der Waals surface area contributed by atoms with Gasteiger partial charge in [-0.05, 0) is 65.3 Å². The van der Waals surface area contributed by atoms with Gasteiger partial charge in [-0.15, -0.1) is 0 Å². The molecule has 0 saturated heterocycles. The fourth-order valence-electron chi connectivity index (χ4n) is 3.41. The van der Waals surface area contributed by atoms with Gasteiger partial charge in [0.05, 0.1) is 18.6 Å². The van der Waals surface area contributed by atoms with Crippen molar-refractivity contribution in [3.05, 3.63) is 89.0 Å². The van der Waals surface area contributed by atoms with E-state index in [-0.39, 0.29) is 55.0 Å². The molecule has 1 aliphatic carbocycles. The van der Waals surface area contributed by atoms with Gasteiger partial charge in [0.25, 0.3) is 0 Å². The van der Waals surface area contributed by atoms with Crippen molar-refractivity contribution in [1.82, 2.24) is 0 Å². The summed E-state index contributed by atoms with van der Waals surface area (Å²) in [6.07, 6.45) is 2.53. The zero-order valence-corrected chi connectivity index (χ0v) is 19.3. The molecule has 2 atom stereocenters. The molecule has 1 aliphatic rings. The molecule has 2 aromatic carbocycles. The molecule has 2 unspecified atom stereocenters. The molecule has 0 spiro atoms. The summed E-state index contributed by atoms with van der Waals surface area (Å²) < 4.78 is 26.9. The summed E-state index contributed by atoms with van der Waals surface area (Å²) in [7, 11) is 0. The Labute approximate surface area is 203 Å². The van der Waals surface area contributed by atoms with E-state index in [1.165, 1.54) is 30.3 Å². The van der Waals surface area contributed by atoms with Crippen molar-refractivity contribution in [2.45, 2.75) is 37.9 Å². The van der Waals surface area contributed by atoms with E-state index in [1.54, 1.807) is 30.3 Å². The van der Waals surface area contributed by atoms with Crippen LogP contribution in [0.15, 0.2) is 66.3 Å². The first-order chi connectivity index (χ1) is 14.3. The van der Waals surface area contributed by atoms with Crippen molar-refractivity contribution in [2.24, 2.45) is 5.92 Å². The van der Waals surface area contributed by atoms with E-state index >= 15 is 0 Å². The largest absolute Gasteiger partial charge is 1.00 e. The maximum atomic E-state index is 13.5. The molecule has 0 aliphatic heterocycles. The SMILES string of the molecule is O=C(O)CC(O)CC(O)/C=C/C(=C(c1ccc(F)cc1)c1ccc(F)cc1)C1CC1.[H-].[Na+]. The zero-order chi connectivity index (χ0) is 21.7. The summed E-state index contributed by atoms with van der Waals surface area (Å²) in [5.74, 6) is -1.60. The van der Waals surface area contributed by atoms with Crippen LogP contribution in [0.1, 0.15) is 38.2 Å². The molecule has 4 nitrogen and oxygen atoms in total. The Bertz CT molecular complexity index is 894. The van der Waals surface area contributed by atoms with E-state index in [1.807, 2.05) is 0 Å². The number of rotatable bonds is 9. The molecule has 0 bridgehead atoms. The maximum Gasteiger partial charge on any atom is 1.00 e. The van der Waals surface area contributed by atoms with E-state index in [4.69, 9.17) is 5.11 Å². The molecule has 31 heavy (non-hydrogen) atoms. The van der Waals surface area contributed by atoms with Gasteiger partial charge in [-0.25, -0.2) is 8.78 Å². The van der Waals surface area contributed by atoms with Crippen LogP contribution in [0, 0.1) is 17.6 Å². The minimum atomic E-state index is -1.15. The molecule has 1 fully saturated rings. The number of hydrogen-bond acceptors (Lipinski definition) is 3. The second-order valence-electron chi connectivity index (χ2n) is 7.53. The van der Waals surface area contributed by atoms with Crippen LogP contribution in [0.4, 0.5) is 8.78 Å². The first-order valence-electron chi connectivity index (χ1n) is 9.85. The fraction of sp³-hybridized carbons (Fsp3) is 0.292. The first-order valence-corrected chi connectivity index (χ1v) is 9.85. The standard InChI is InChI=1S/C24H24F2O4.Na.H/c25-18-7-3-16(4-8-18)24(17-5-9-19(26)10-6-17)22(15-1-2-15)12-11-20(27)13-21(28)14-23(29)30;;/h3-12,15,20-21,27-28H,1-2,13-14H2,(H,29,30);;/q;+1;-1/b12-11+;;. The molecule has 3 N–H and O–H groups in total. The van der Waals surface area contributed by atoms with Crippen LogP contribution in [0.5, 0.6) is 0 Å². The van der Waals surface area contributed by atoms with Crippen molar-refractivity contribution in [2.75, 3.05) is 0 Å². The number of benzene rings is 2. The minimum Gasteiger partial charge on any atom is -1.00 e. The summed E-state index contributed by atoms with van der Waals surface area (Å²) in [5.41, 5.74) is 3.30. The van der Waals surface area contributed by atoms with E-state index in [9.17, 15) is 23.8 Å². The van der Waals surface area contributed by atoms with Gasteiger partial charge in [0, 0.05) is 6.42 Å². The normalized spacial score (nSPS) is 15.2. The van der Waals surface area contributed by atoms with E-state index < -0.39 is 24.6 Å². The van der Waals surface area contributed by atoms with Gasteiger partial charge in [0.2, 0.25) is 0 Å². The summed E-state index contributed by atoms with van der Waals surface area (Å²) in [5, 5.41) is 28.7. The predicted molar refractivity (Wildman–Crippen MR) is 111 cm³/mol. The van der Waals surface area contributed by atoms with Gasteiger partial charge in [0.1, 0.15) is 11.6 Å². The van der Waals surface area contributed by atoms with Crippen molar-refractivity contribution >= 4 is 11.5 Å². The maximum absolute atomic E-state index is 13.5. The molecule has 160 valence electrons. The zero-order valence-electron chi connectivity index (χ0n) is 18.3. The smallest absolute Gasteiger partial charge is 1.00 e. The molecular weight excluding hydrogens is 413 g/mol. The predicted octanol–water partition coefficient (Wildman–Crippen LogP) is 1.44. The Balaban J connectivity index is 0.00000256. The molecule has 3 rings (SSSR count). The third-order valence-corrected chi connectivity index (χ3v) is 4.99. The molecule has 2 aromatic rings. The third kappa shape index (κ3) is 7.66. The van der Waals surface area contributed by atoms with Gasteiger partial charge in [-0.3, -0.25) is 4.79 Å². The number of carboxylic acid groups (broad SMARTS) is 1. The van der Waals surface area contributed by atoms with Crippen LogP contribution in [0.25, 0.3) is 5.57 Å². The van der Waals surface area contributed by atoms with Gasteiger partial charge < -0.3 is 16.7 Å². The van der Waals surface area contributed by atoms with Gasteiger partial charge in [0.15, 0.2) is 0 Å². The van der Waals surface area contributed by atoms with Crippen LogP contribution in [-0.2, 0) is 4.79 Å². The Morgan fingerprint density at radius 2 is 1.48 bits per heavy atom. The topological polar surface area (TPSA) is 77.8 Å². The summed E-state index contributed by atoms with van der Waals surface area (Å²) in [6, 6.07) is 12.1. The number of aliphatic hydroxyl groups excluding tert-OH is 2. The number of aliphatic carboxylic acids is 1. The fourth-order valence-corrected chi connectivity index (χ4v) is 3.41. The first kappa shape index (κ1) is 25.4. The van der Waals surface area contributed by atoms with E-state index in [0.717, 1.165) is 35.1 Å². The summed E-state index contributed by atoms with van der Waals surface area (Å²) in [6.45, 7) is 0. The van der Waals surface area contributed by atoms with Crippen LogP contribution in [0.2, 0.25) is 0 Å². The Hall–Kier alpha value is -1.83. The van der Waals surface area contributed by atoms with Gasteiger partial charge >= 0.3 is 35.5 Å². The van der Waals surface area contributed by atoms with E-state index in [0.29, 0.717) is 0 Å². The van der Waals surface area contributed by atoms with Gasteiger partial charge in [-0.1, -0.05) is 36.4 Å². The molecule has 1 saturated carbocycles. The molecule has 7 heteroatoms.